The number of amides is 1. The van der Waals surface area contributed by atoms with Gasteiger partial charge >= 0.3 is 0 Å². The van der Waals surface area contributed by atoms with Crippen molar-refractivity contribution in [2.45, 2.75) is 25.7 Å². The molecule has 4 nitrogen and oxygen atoms in total. The van der Waals surface area contributed by atoms with Gasteiger partial charge in [-0.3, -0.25) is 4.79 Å². The Hall–Kier alpha value is -1.08. The molecule has 0 spiro atoms. The van der Waals surface area contributed by atoms with Gasteiger partial charge in [-0.25, -0.2) is 0 Å². The van der Waals surface area contributed by atoms with Gasteiger partial charge in [0.1, 0.15) is 6.42 Å². The molecule has 1 saturated heterocycles. The van der Waals surface area contributed by atoms with Crippen molar-refractivity contribution in [3.8, 4) is 6.07 Å². The summed E-state index contributed by atoms with van der Waals surface area (Å²) >= 11 is 0. The van der Waals surface area contributed by atoms with Gasteiger partial charge in [-0.15, -0.1) is 0 Å². The van der Waals surface area contributed by atoms with Crippen LogP contribution in [0.5, 0.6) is 0 Å². The highest BCUT2D eigenvalue weighted by Crippen LogP contribution is 2.20. The minimum absolute atomic E-state index is 0.0166. The van der Waals surface area contributed by atoms with E-state index in [0.717, 1.165) is 39.0 Å². The third kappa shape index (κ3) is 3.88. The highest BCUT2D eigenvalue weighted by molar-refractivity contribution is 5.78. The molecule has 1 rings (SSSR count). The molecule has 84 valence electrons. The van der Waals surface area contributed by atoms with E-state index in [4.69, 9.17) is 10.00 Å². The van der Waals surface area contributed by atoms with E-state index < -0.39 is 0 Å². The second-order valence-electron chi connectivity index (χ2n) is 3.94. The van der Waals surface area contributed by atoms with Crippen LogP contribution in [0, 0.1) is 17.2 Å². The van der Waals surface area contributed by atoms with Gasteiger partial charge in [0.2, 0.25) is 5.91 Å². The Bertz CT molecular complexity index is 239. The summed E-state index contributed by atoms with van der Waals surface area (Å²) in [5.74, 6) is 0.652. The summed E-state index contributed by atoms with van der Waals surface area (Å²) in [6, 6.07) is 1.90. The predicted molar refractivity (Wildman–Crippen MR) is 56.0 cm³/mol. The molecule has 0 aliphatic carbocycles. The van der Waals surface area contributed by atoms with Crippen molar-refractivity contribution in [3.63, 3.8) is 0 Å². The van der Waals surface area contributed by atoms with Gasteiger partial charge in [-0.2, -0.15) is 5.26 Å². The lowest BCUT2D eigenvalue weighted by molar-refractivity contribution is -0.131. The molecule has 0 aromatic carbocycles. The van der Waals surface area contributed by atoms with Gasteiger partial charge in [0, 0.05) is 26.8 Å². The van der Waals surface area contributed by atoms with Crippen LogP contribution in [-0.2, 0) is 9.53 Å². The first-order valence-corrected chi connectivity index (χ1v) is 5.41. The molecule has 0 radical (unpaired) electrons. The van der Waals surface area contributed by atoms with Crippen molar-refractivity contribution in [1.29, 1.82) is 5.26 Å². The van der Waals surface area contributed by atoms with Gasteiger partial charge in [0.25, 0.3) is 0 Å². The van der Waals surface area contributed by atoms with Gasteiger partial charge < -0.3 is 9.64 Å². The average molecular weight is 210 g/mol. The molecule has 1 amide bonds. The number of rotatable bonds is 4. The highest BCUT2D eigenvalue weighted by Gasteiger charge is 2.21. The quantitative estimate of drug-likeness (QED) is 0.700. The summed E-state index contributed by atoms with van der Waals surface area (Å²) in [4.78, 5) is 13.2. The van der Waals surface area contributed by atoms with E-state index in [1.807, 2.05) is 6.07 Å². The molecule has 15 heavy (non-hydrogen) atoms. The van der Waals surface area contributed by atoms with Crippen molar-refractivity contribution < 1.29 is 9.53 Å². The fourth-order valence-electron chi connectivity index (χ4n) is 1.93. The van der Waals surface area contributed by atoms with E-state index in [2.05, 4.69) is 0 Å². The number of ether oxygens (including phenoxy) is 1. The lowest BCUT2D eigenvalue weighted by atomic mass is 9.94. The van der Waals surface area contributed by atoms with Crippen LogP contribution in [-0.4, -0.2) is 37.6 Å². The fourth-order valence-corrected chi connectivity index (χ4v) is 1.93. The zero-order chi connectivity index (χ0) is 11.1. The maximum absolute atomic E-state index is 11.4. The van der Waals surface area contributed by atoms with Crippen molar-refractivity contribution in [2.24, 2.45) is 5.92 Å². The molecule has 0 bridgehead atoms. The molecular formula is C11H18N2O2. The monoisotopic (exact) mass is 210 g/mol. The molecule has 0 atom stereocenters. The number of methoxy groups -OCH3 is 1. The number of carbonyl (C=O) groups is 1. The van der Waals surface area contributed by atoms with Crippen LogP contribution in [0.2, 0.25) is 0 Å². The van der Waals surface area contributed by atoms with E-state index in [-0.39, 0.29) is 12.3 Å². The van der Waals surface area contributed by atoms with Crippen molar-refractivity contribution in [3.05, 3.63) is 0 Å². The molecular weight excluding hydrogens is 192 g/mol. The van der Waals surface area contributed by atoms with Gasteiger partial charge in [0.05, 0.1) is 6.07 Å². The Morgan fingerprint density at radius 2 is 2.20 bits per heavy atom. The largest absolute Gasteiger partial charge is 0.385 e. The number of likely N-dealkylation sites (tertiary alicyclic amines) is 1. The first-order valence-electron chi connectivity index (χ1n) is 5.41. The summed E-state index contributed by atoms with van der Waals surface area (Å²) in [5.41, 5.74) is 0. The lowest BCUT2D eigenvalue weighted by Gasteiger charge is -2.31. The Morgan fingerprint density at radius 1 is 1.53 bits per heavy atom. The van der Waals surface area contributed by atoms with Gasteiger partial charge in [0.15, 0.2) is 0 Å². The van der Waals surface area contributed by atoms with Crippen LogP contribution in [0.3, 0.4) is 0 Å². The molecule has 0 aromatic heterocycles. The third-order valence-electron chi connectivity index (χ3n) is 2.93. The van der Waals surface area contributed by atoms with E-state index in [1.165, 1.54) is 0 Å². The Labute approximate surface area is 90.8 Å². The molecule has 4 heteroatoms. The summed E-state index contributed by atoms with van der Waals surface area (Å²) in [5, 5.41) is 8.42. The number of carbonyl (C=O) groups excluding carboxylic acids is 1. The van der Waals surface area contributed by atoms with E-state index >= 15 is 0 Å². The lowest BCUT2D eigenvalue weighted by Crippen LogP contribution is -2.38. The molecule has 0 saturated carbocycles. The number of nitriles is 1. The molecule has 1 fully saturated rings. The normalized spacial score (nSPS) is 17.5. The van der Waals surface area contributed by atoms with E-state index in [0.29, 0.717) is 5.92 Å². The maximum Gasteiger partial charge on any atom is 0.236 e. The summed E-state index contributed by atoms with van der Waals surface area (Å²) in [6.45, 7) is 2.40. The summed E-state index contributed by atoms with van der Waals surface area (Å²) in [7, 11) is 1.71. The topological polar surface area (TPSA) is 53.3 Å². The van der Waals surface area contributed by atoms with Crippen LogP contribution in [0.1, 0.15) is 25.7 Å². The van der Waals surface area contributed by atoms with Crippen LogP contribution in [0.4, 0.5) is 0 Å². The average Bonchev–Trinajstić information content (AvgIpc) is 2.27. The van der Waals surface area contributed by atoms with Crippen molar-refractivity contribution >= 4 is 5.91 Å². The third-order valence-corrected chi connectivity index (χ3v) is 2.93. The first-order chi connectivity index (χ1) is 7.27. The van der Waals surface area contributed by atoms with Crippen LogP contribution >= 0.6 is 0 Å². The van der Waals surface area contributed by atoms with Crippen LogP contribution in [0.25, 0.3) is 0 Å². The fraction of sp³-hybridized carbons (Fsp3) is 0.818. The number of piperidine rings is 1. The standard InChI is InChI=1S/C11H18N2O2/c1-15-9-5-10-3-7-13(8-4-10)11(14)2-6-12/h10H,2-5,7-9H2,1H3. The second-order valence-corrected chi connectivity index (χ2v) is 3.94. The van der Waals surface area contributed by atoms with Crippen molar-refractivity contribution in [1.82, 2.24) is 4.90 Å². The number of hydrogen-bond acceptors (Lipinski definition) is 3. The molecule has 1 heterocycles. The second kappa shape index (κ2) is 6.41. The molecule has 0 N–H and O–H groups in total. The smallest absolute Gasteiger partial charge is 0.236 e. The summed E-state index contributed by atoms with van der Waals surface area (Å²) < 4.78 is 5.03. The minimum atomic E-state index is -0.0253. The Balaban J connectivity index is 2.24. The zero-order valence-electron chi connectivity index (χ0n) is 9.24. The molecule has 0 aromatic rings. The molecule has 0 unspecified atom stereocenters. The summed E-state index contributed by atoms with van der Waals surface area (Å²) in [6.07, 6.45) is 3.18. The number of hydrogen-bond donors (Lipinski definition) is 0. The molecule has 1 aliphatic heterocycles. The van der Waals surface area contributed by atoms with Gasteiger partial charge in [-0.05, 0) is 25.2 Å². The van der Waals surface area contributed by atoms with Crippen molar-refractivity contribution in [2.75, 3.05) is 26.8 Å². The minimum Gasteiger partial charge on any atom is -0.385 e. The molecule has 1 aliphatic rings. The Morgan fingerprint density at radius 3 is 2.73 bits per heavy atom. The highest BCUT2D eigenvalue weighted by atomic mass is 16.5. The predicted octanol–water partition coefficient (Wildman–Crippen LogP) is 1.18. The maximum atomic E-state index is 11.4. The first kappa shape index (κ1) is 12.0. The van der Waals surface area contributed by atoms with E-state index in [9.17, 15) is 4.79 Å². The SMILES string of the molecule is COCCC1CCN(C(=O)CC#N)CC1. The van der Waals surface area contributed by atoms with E-state index in [1.54, 1.807) is 12.0 Å². The van der Waals surface area contributed by atoms with Crippen LogP contribution < -0.4 is 0 Å². The number of nitrogens with zero attached hydrogens (tertiary/aromatic N) is 2. The zero-order valence-corrected chi connectivity index (χ0v) is 9.24. The Kier molecular flexibility index (Phi) is 5.13. The van der Waals surface area contributed by atoms with Gasteiger partial charge in [-0.1, -0.05) is 0 Å². The van der Waals surface area contributed by atoms with Crippen LogP contribution in [0.15, 0.2) is 0 Å².